The predicted molar refractivity (Wildman–Crippen MR) is 82.5 cm³/mol. The first-order chi connectivity index (χ1) is 10.1. The molecule has 0 unspecified atom stereocenters. The molecule has 6 heteroatoms. The monoisotopic (exact) mass is 329 g/mol. The van der Waals surface area contributed by atoms with Crippen LogP contribution in [-0.4, -0.2) is 34.3 Å². The second kappa shape index (κ2) is 6.05. The van der Waals surface area contributed by atoms with Crippen LogP contribution >= 0.6 is 11.6 Å². The molecular formula is C16H21ClFNO3. The molecule has 0 aromatic heterocycles. The van der Waals surface area contributed by atoms with Gasteiger partial charge in [-0.3, -0.25) is 4.90 Å². The van der Waals surface area contributed by atoms with Gasteiger partial charge in [-0.1, -0.05) is 11.6 Å². The molecular weight excluding hydrogens is 309 g/mol. The van der Waals surface area contributed by atoms with Gasteiger partial charge in [0.15, 0.2) is 0 Å². The zero-order chi connectivity index (χ0) is 16.7. The van der Waals surface area contributed by atoms with Gasteiger partial charge in [-0.05, 0) is 57.4 Å². The van der Waals surface area contributed by atoms with E-state index in [0.717, 1.165) is 0 Å². The number of carbonyl (C=O) groups excluding carboxylic acids is 1. The third-order valence-corrected chi connectivity index (χ3v) is 4.08. The molecule has 2 rings (SSSR count). The smallest absolute Gasteiger partial charge is 0.410 e. The van der Waals surface area contributed by atoms with Crippen molar-refractivity contribution in [1.29, 1.82) is 0 Å². The molecule has 1 N–H and O–H groups in total. The lowest BCUT2D eigenvalue weighted by molar-refractivity contribution is 0.0152. The topological polar surface area (TPSA) is 49.8 Å². The third-order valence-electron chi connectivity index (χ3n) is 3.56. The number of hydrogen-bond acceptors (Lipinski definition) is 3. The van der Waals surface area contributed by atoms with E-state index in [1.54, 1.807) is 27.7 Å². The van der Waals surface area contributed by atoms with Crippen LogP contribution in [0, 0.1) is 12.7 Å². The molecule has 0 saturated carbocycles. The molecule has 4 nitrogen and oxygen atoms in total. The number of aliphatic hydroxyl groups excluding tert-OH is 1. The van der Waals surface area contributed by atoms with Crippen LogP contribution in [0.1, 0.15) is 44.4 Å². The second-order valence-electron chi connectivity index (χ2n) is 6.60. The number of rotatable bonds is 1. The number of nitrogens with zero attached hydrogens (tertiary/aromatic N) is 1. The minimum atomic E-state index is -0.800. The molecule has 0 spiro atoms. The molecule has 0 radical (unpaired) electrons. The summed E-state index contributed by atoms with van der Waals surface area (Å²) in [7, 11) is 0. The average Bonchev–Trinajstić information content (AvgIpc) is 2.73. The van der Waals surface area contributed by atoms with Crippen molar-refractivity contribution in [2.45, 2.75) is 51.9 Å². The van der Waals surface area contributed by atoms with Crippen molar-refractivity contribution in [3.63, 3.8) is 0 Å². The van der Waals surface area contributed by atoms with Gasteiger partial charge in [-0.25, -0.2) is 9.18 Å². The fourth-order valence-electron chi connectivity index (χ4n) is 2.64. The number of hydrogen-bond donors (Lipinski definition) is 1. The van der Waals surface area contributed by atoms with Crippen molar-refractivity contribution >= 4 is 17.7 Å². The minimum absolute atomic E-state index is 0.340. The van der Waals surface area contributed by atoms with Crippen molar-refractivity contribution in [1.82, 2.24) is 4.90 Å². The number of halogens is 2. The van der Waals surface area contributed by atoms with E-state index >= 15 is 0 Å². The van der Waals surface area contributed by atoms with Crippen LogP contribution in [-0.2, 0) is 4.74 Å². The van der Waals surface area contributed by atoms with E-state index in [-0.39, 0.29) is 0 Å². The molecule has 1 aromatic carbocycles. The van der Waals surface area contributed by atoms with Crippen LogP contribution in [0.25, 0.3) is 0 Å². The summed E-state index contributed by atoms with van der Waals surface area (Å²) in [6, 6.07) is 1.90. The highest BCUT2D eigenvalue weighted by atomic mass is 35.5. The van der Waals surface area contributed by atoms with E-state index in [0.29, 0.717) is 29.1 Å². The van der Waals surface area contributed by atoms with Crippen molar-refractivity contribution in [2.75, 3.05) is 6.54 Å². The summed E-state index contributed by atoms with van der Waals surface area (Å²) in [4.78, 5) is 13.7. The molecule has 122 valence electrons. The summed E-state index contributed by atoms with van der Waals surface area (Å²) in [5.74, 6) is -0.444. The molecule has 1 saturated heterocycles. The average molecular weight is 330 g/mol. The summed E-state index contributed by atoms with van der Waals surface area (Å²) in [6.45, 7) is 7.34. The first kappa shape index (κ1) is 17.0. The lowest BCUT2D eigenvalue weighted by atomic mass is 10.00. The summed E-state index contributed by atoms with van der Waals surface area (Å²) in [5.41, 5.74) is 0.339. The largest absolute Gasteiger partial charge is 0.444 e. The summed E-state index contributed by atoms with van der Waals surface area (Å²) >= 11 is 6.26. The highest BCUT2D eigenvalue weighted by molar-refractivity contribution is 6.32. The van der Waals surface area contributed by atoms with Gasteiger partial charge in [0, 0.05) is 11.6 Å². The summed E-state index contributed by atoms with van der Waals surface area (Å²) < 4.78 is 19.1. The van der Waals surface area contributed by atoms with Gasteiger partial charge in [0.25, 0.3) is 0 Å². The van der Waals surface area contributed by atoms with Gasteiger partial charge < -0.3 is 9.84 Å². The van der Waals surface area contributed by atoms with Crippen molar-refractivity contribution in [3.8, 4) is 0 Å². The van der Waals surface area contributed by atoms with Gasteiger partial charge in [0.2, 0.25) is 0 Å². The number of ether oxygens (including phenoxy) is 1. The van der Waals surface area contributed by atoms with Crippen molar-refractivity contribution in [2.24, 2.45) is 0 Å². The number of aliphatic hydroxyl groups is 1. The molecule has 22 heavy (non-hydrogen) atoms. The highest BCUT2D eigenvalue weighted by Gasteiger charge is 2.40. The third kappa shape index (κ3) is 3.52. The van der Waals surface area contributed by atoms with E-state index in [9.17, 15) is 14.3 Å². The van der Waals surface area contributed by atoms with Crippen LogP contribution in [0.15, 0.2) is 12.1 Å². The van der Waals surface area contributed by atoms with Crippen LogP contribution in [0.2, 0.25) is 5.02 Å². The van der Waals surface area contributed by atoms with Crippen LogP contribution in [0.3, 0.4) is 0 Å². The Hall–Kier alpha value is -1.33. The Bertz CT molecular complexity index is 585. The van der Waals surface area contributed by atoms with E-state index in [1.165, 1.54) is 17.0 Å². The zero-order valence-corrected chi connectivity index (χ0v) is 13.9. The minimum Gasteiger partial charge on any atom is -0.444 e. The molecule has 2 atom stereocenters. The Labute approximate surface area is 134 Å². The number of amides is 1. The quantitative estimate of drug-likeness (QED) is 0.852. The van der Waals surface area contributed by atoms with Crippen LogP contribution in [0.5, 0.6) is 0 Å². The van der Waals surface area contributed by atoms with Gasteiger partial charge in [-0.2, -0.15) is 0 Å². The maximum absolute atomic E-state index is 13.7. The molecule has 0 bridgehead atoms. The van der Waals surface area contributed by atoms with Gasteiger partial charge >= 0.3 is 6.09 Å². The van der Waals surface area contributed by atoms with E-state index < -0.39 is 29.7 Å². The molecule has 1 amide bonds. The Morgan fingerprint density at radius 2 is 2.09 bits per heavy atom. The molecule has 1 aliphatic heterocycles. The fraction of sp³-hybridized carbons (Fsp3) is 0.562. The maximum Gasteiger partial charge on any atom is 0.410 e. The number of likely N-dealkylation sites (tertiary alicyclic amines) is 1. The molecule has 1 aromatic rings. The van der Waals surface area contributed by atoms with E-state index in [2.05, 4.69) is 0 Å². The van der Waals surface area contributed by atoms with Gasteiger partial charge in [0.1, 0.15) is 11.4 Å². The van der Waals surface area contributed by atoms with E-state index in [1.807, 2.05) is 0 Å². The van der Waals surface area contributed by atoms with Gasteiger partial charge in [0.05, 0.1) is 12.1 Å². The predicted octanol–water partition coefficient (Wildman–Crippen LogP) is 3.83. The first-order valence-corrected chi connectivity index (χ1v) is 7.61. The van der Waals surface area contributed by atoms with Crippen molar-refractivity contribution < 1.29 is 19.0 Å². The maximum atomic E-state index is 13.7. The number of carbonyl (C=O) groups is 1. The molecule has 0 aliphatic carbocycles. The Morgan fingerprint density at radius 3 is 2.68 bits per heavy atom. The zero-order valence-electron chi connectivity index (χ0n) is 13.2. The summed E-state index contributed by atoms with van der Waals surface area (Å²) in [6.07, 6.45) is -0.936. The number of benzene rings is 1. The van der Waals surface area contributed by atoms with Crippen LogP contribution in [0.4, 0.5) is 9.18 Å². The lowest BCUT2D eigenvalue weighted by Crippen LogP contribution is -2.38. The Balaban J connectivity index is 2.37. The molecule has 1 fully saturated rings. The Kier molecular flexibility index (Phi) is 4.68. The standard InChI is InChI=1S/C16H21ClFNO3/c1-9-7-10(18)8-11(13(9)17)14-12(20)5-6-19(14)15(21)22-16(2,3)4/h7-8,12,14,20H,5-6H2,1-4H3/t12-,14-/m1/s1. The van der Waals surface area contributed by atoms with E-state index in [4.69, 9.17) is 16.3 Å². The van der Waals surface area contributed by atoms with Gasteiger partial charge in [-0.15, -0.1) is 0 Å². The number of aryl methyl sites for hydroxylation is 1. The fourth-order valence-corrected chi connectivity index (χ4v) is 2.86. The van der Waals surface area contributed by atoms with Crippen molar-refractivity contribution in [3.05, 3.63) is 34.1 Å². The lowest BCUT2D eigenvalue weighted by Gasteiger charge is -2.30. The van der Waals surface area contributed by atoms with Crippen LogP contribution < -0.4 is 0 Å². The summed E-state index contributed by atoms with van der Waals surface area (Å²) in [5, 5.41) is 10.6. The normalized spacial score (nSPS) is 22.0. The highest BCUT2D eigenvalue weighted by Crippen LogP contribution is 2.38. The molecule has 1 heterocycles. The SMILES string of the molecule is Cc1cc(F)cc([C@@H]2[C@H](O)CCN2C(=O)OC(C)(C)C)c1Cl. The first-order valence-electron chi connectivity index (χ1n) is 7.23. The molecule has 1 aliphatic rings. The second-order valence-corrected chi connectivity index (χ2v) is 6.98. The Morgan fingerprint density at radius 1 is 1.45 bits per heavy atom.